The van der Waals surface area contributed by atoms with Crippen LogP contribution in [0.25, 0.3) is 0 Å². The minimum atomic E-state index is -0.239. The number of rotatable bonds is 10. The first-order chi connectivity index (χ1) is 16.5. The van der Waals surface area contributed by atoms with Crippen molar-refractivity contribution in [2.75, 3.05) is 25.3 Å². The van der Waals surface area contributed by atoms with Crippen LogP contribution in [-0.4, -0.2) is 25.9 Å². The van der Waals surface area contributed by atoms with Gasteiger partial charge in [-0.25, -0.2) is 0 Å². The quantitative estimate of drug-likeness (QED) is 0.378. The van der Waals surface area contributed by atoms with Crippen molar-refractivity contribution >= 4 is 27.5 Å². The van der Waals surface area contributed by atoms with E-state index in [9.17, 15) is 4.79 Å². The van der Waals surface area contributed by atoms with Gasteiger partial charge in [-0.1, -0.05) is 39.7 Å². The highest BCUT2D eigenvalue weighted by molar-refractivity contribution is 9.10. The van der Waals surface area contributed by atoms with Gasteiger partial charge in [0.2, 0.25) is 6.79 Å². The fourth-order valence-corrected chi connectivity index (χ4v) is 3.93. The van der Waals surface area contributed by atoms with Crippen LogP contribution in [0.15, 0.2) is 59.1 Å². The first kappa shape index (κ1) is 23.9. The van der Waals surface area contributed by atoms with Crippen LogP contribution in [0, 0.1) is 6.92 Å². The Balaban J connectivity index is 1.35. The maximum Gasteiger partial charge on any atom is 0.262 e. The molecule has 1 heterocycles. The molecule has 178 valence electrons. The molecule has 34 heavy (non-hydrogen) atoms. The highest BCUT2D eigenvalue weighted by Crippen LogP contribution is 2.35. The number of anilines is 1. The molecule has 0 fully saturated rings. The topological polar surface area (TPSA) is 78.1 Å². The molecule has 0 saturated heterocycles. The average Bonchev–Trinajstić information content (AvgIpc) is 3.29. The standard InChI is InChI=1S/C26H27BrN2O5/c1-3-31-24-11-19(14-28-13-18-6-9-22-23(10-18)34-16-33-22)21(27)12-25(24)32-15-26(30)29-20-7-4-17(2)5-8-20/h4-12,28H,3,13-16H2,1-2H3,(H,29,30). The van der Waals surface area contributed by atoms with Crippen molar-refractivity contribution in [3.05, 3.63) is 75.8 Å². The van der Waals surface area contributed by atoms with Crippen LogP contribution in [0.3, 0.4) is 0 Å². The molecule has 1 aliphatic rings. The Morgan fingerprint density at radius 1 is 0.971 bits per heavy atom. The number of nitrogens with one attached hydrogen (secondary N) is 2. The van der Waals surface area contributed by atoms with Gasteiger partial charge in [0.05, 0.1) is 6.61 Å². The number of fused-ring (bicyclic) bond motifs is 1. The normalized spacial score (nSPS) is 11.9. The first-order valence-electron chi connectivity index (χ1n) is 11.1. The van der Waals surface area contributed by atoms with Gasteiger partial charge >= 0.3 is 0 Å². The number of hydrogen-bond donors (Lipinski definition) is 2. The van der Waals surface area contributed by atoms with Crippen LogP contribution >= 0.6 is 15.9 Å². The second kappa shape index (κ2) is 11.3. The third-order valence-electron chi connectivity index (χ3n) is 5.19. The number of aryl methyl sites for hydroxylation is 1. The molecule has 8 heteroatoms. The summed E-state index contributed by atoms with van der Waals surface area (Å²) < 4.78 is 23.2. The van der Waals surface area contributed by atoms with E-state index >= 15 is 0 Å². The van der Waals surface area contributed by atoms with Crippen LogP contribution in [0.4, 0.5) is 5.69 Å². The van der Waals surface area contributed by atoms with Gasteiger partial charge in [0.25, 0.3) is 5.91 Å². The second-order valence-electron chi connectivity index (χ2n) is 7.82. The lowest BCUT2D eigenvalue weighted by molar-refractivity contribution is -0.118. The lowest BCUT2D eigenvalue weighted by Crippen LogP contribution is -2.20. The predicted molar refractivity (Wildman–Crippen MR) is 134 cm³/mol. The maximum absolute atomic E-state index is 12.3. The Labute approximate surface area is 207 Å². The van der Waals surface area contributed by atoms with Crippen molar-refractivity contribution in [3.8, 4) is 23.0 Å². The number of benzene rings is 3. The molecule has 4 rings (SSSR count). The zero-order chi connectivity index (χ0) is 23.9. The van der Waals surface area contributed by atoms with E-state index in [1.807, 2.05) is 68.4 Å². The highest BCUT2D eigenvalue weighted by Gasteiger charge is 2.15. The molecule has 0 aromatic heterocycles. The van der Waals surface area contributed by atoms with Gasteiger partial charge in [-0.2, -0.15) is 0 Å². The highest BCUT2D eigenvalue weighted by atomic mass is 79.9. The Kier molecular flexibility index (Phi) is 7.92. The van der Waals surface area contributed by atoms with Crippen molar-refractivity contribution in [2.45, 2.75) is 26.9 Å². The Bertz CT molecular complexity index is 1150. The average molecular weight is 527 g/mol. The summed E-state index contributed by atoms with van der Waals surface area (Å²) in [5.41, 5.74) is 3.98. The molecule has 0 bridgehead atoms. The second-order valence-corrected chi connectivity index (χ2v) is 8.67. The van der Waals surface area contributed by atoms with Gasteiger partial charge in [0.1, 0.15) is 0 Å². The minimum absolute atomic E-state index is 0.123. The molecule has 0 spiro atoms. The van der Waals surface area contributed by atoms with E-state index in [1.165, 1.54) is 0 Å². The first-order valence-corrected chi connectivity index (χ1v) is 11.8. The van der Waals surface area contributed by atoms with Crippen molar-refractivity contribution < 1.29 is 23.7 Å². The number of amides is 1. The van der Waals surface area contributed by atoms with Crippen molar-refractivity contribution in [2.24, 2.45) is 0 Å². The Morgan fingerprint density at radius 2 is 1.74 bits per heavy atom. The molecule has 0 unspecified atom stereocenters. The van der Waals surface area contributed by atoms with Crippen LogP contribution in [0.2, 0.25) is 0 Å². The molecule has 1 aliphatic heterocycles. The minimum Gasteiger partial charge on any atom is -0.490 e. The number of carbonyl (C=O) groups excluding carboxylic acids is 1. The van der Waals surface area contributed by atoms with Crippen LogP contribution in [0.1, 0.15) is 23.6 Å². The third kappa shape index (κ3) is 6.21. The molecular formula is C26H27BrN2O5. The monoisotopic (exact) mass is 526 g/mol. The summed E-state index contributed by atoms with van der Waals surface area (Å²) in [4.78, 5) is 12.3. The summed E-state index contributed by atoms with van der Waals surface area (Å²) in [7, 11) is 0. The number of carbonyl (C=O) groups is 1. The van der Waals surface area contributed by atoms with Gasteiger partial charge < -0.3 is 29.6 Å². The lowest BCUT2D eigenvalue weighted by atomic mass is 10.1. The summed E-state index contributed by atoms with van der Waals surface area (Å²) >= 11 is 3.61. The zero-order valence-electron chi connectivity index (χ0n) is 19.2. The summed E-state index contributed by atoms with van der Waals surface area (Å²) in [5.74, 6) is 2.40. The molecule has 3 aromatic carbocycles. The summed E-state index contributed by atoms with van der Waals surface area (Å²) in [6, 6.07) is 17.3. The summed E-state index contributed by atoms with van der Waals surface area (Å²) in [5, 5.41) is 6.27. The molecule has 2 N–H and O–H groups in total. The molecule has 3 aromatic rings. The van der Waals surface area contributed by atoms with E-state index < -0.39 is 0 Å². The van der Waals surface area contributed by atoms with Crippen molar-refractivity contribution in [3.63, 3.8) is 0 Å². The zero-order valence-corrected chi connectivity index (χ0v) is 20.7. The number of hydrogen-bond acceptors (Lipinski definition) is 6. The predicted octanol–water partition coefficient (Wildman–Crippen LogP) is 5.19. The molecule has 0 aliphatic carbocycles. The molecule has 0 radical (unpaired) electrons. The van der Waals surface area contributed by atoms with Crippen LogP contribution in [0.5, 0.6) is 23.0 Å². The molecule has 0 saturated carbocycles. The van der Waals surface area contributed by atoms with E-state index in [0.29, 0.717) is 31.2 Å². The van der Waals surface area contributed by atoms with Gasteiger partial charge in [-0.15, -0.1) is 0 Å². The summed E-state index contributed by atoms with van der Waals surface area (Å²) in [6.07, 6.45) is 0. The SMILES string of the molecule is CCOc1cc(CNCc2ccc3c(c2)OCO3)c(Br)cc1OCC(=O)Nc1ccc(C)cc1. The van der Waals surface area contributed by atoms with Crippen LogP contribution in [-0.2, 0) is 17.9 Å². The maximum atomic E-state index is 12.3. The van der Waals surface area contributed by atoms with Crippen molar-refractivity contribution in [1.29, 1.82) is 0 Å². The third-order valence-corrected chi connectivity index (χ3v) is 5.93. The van der Waals surface area contributed by atoms with Gasteiger partial charge in [0.15, 0.2) is 29.6 Å². The van der Waals surface area contributed by atoms with Crippen LogP contribution < -0.4 is 29.6 Å². The van der Waals surface area contributed by atoms with E-state index in [4.69, 9.17) is 18.9 Å². The van der Waals surface area contributed by atoms with Gasteiger partial charge in [-0.05, 0) is 61.4 Å². The molecular weight excluding hydrogens is 500 g/mol. The Hall–Kier alpha value is -3.23. The van der Waals surface area contributed by atoms with E-state index in [-0.39, 0.29) is 19.3 Å². The lowest BCUT2D eigenvalue weighted by Gasteiger charge is -2.15. The van der Waals surface area contributed by atoms with Gasteiger partial charge in [0, 0.05) is 23.2 Å². The van der Waals surface area contributed by atoms with E-state index in [2.05, 4.69) is 26.6 Å². The number of ether oxygens (including phenoxy) is 4. The largest absolute Gasteiger partial charge is 0.490 e. The number of halogens is 1. The van der Waals surface area contributed by atoms with Gasteiger partial charge in [-0.3, -0.25) is 4.79 Å². The van der Waals surface area contributed by atoms with Crippen molar-refractivity contribution in [1.82, 2.24) is 5.32 Å². The van der Waals surface area contributed by atoms with E-state index in [0.717, 1.165) is 38.3 Å². The summed E-state index contributed by atoms with van der Waals surface area (Å²) in [6.45, 7) is 5.82. The molecule has 1 amide bonds. The fraction of sp³-hybridized carbons (Fsp3) is 0.269. The Morgan fingerprint density at radius 3 is 2.53 bits per heavy atom. The molecule has 7 nitrogen and oxygen atoms in total. The molecule has 0 atom stereocenters. The van der Waals surface area contributed by atoms with E-state index in [1.54, 1.807) is 0 Å². The fourth-order valence-electron chi connectivity index (χ4n) is 3.46. The smallest absolute Gasteiger partial charge is 0.262 e.